The second-order valence-electron chi connectivity index (χ2n) is 2.93. The number of halogens is 9. The number of aliphatic hydroxyl groups is 1. The Morgan fingerprint density at radius 2 is 0.769 bits per heavy atom. The molecule has 9 nitrogen and oxygen atoms in total. The third kappa shape index (κ3) is 9.16. The van der Waals surface area contributed by atoms with Gasteiger partial charge in [0.2, 0.25) is 0 Å². The first-order chi connectivity index (χ1) is 11.0. The Morgan fingerprint density at radius 1 is 0.577 bits per heavy atom. The average Bonchev–Trinajstić information content (AvgIpc) is 2.36. The third-order valence-corrected chi connectivity index (χ3v) is 4.82. The molecule has 0 radical (unpaired) electrons. The predicted octanol–water partition coefficient (Wildman–Crippen LogP) is 0.793. The smallest absolute Gasteiger partial charge is 0.400 e. The molecule has 0 aliphatic carbocycles. The first-order valence-electron chi connectivity index (χ1n) is 4.67. The van der Waals surface area contributed by atoms with E-state index in [0.29, 0.717) is 7.11 Å². The number of hydrogen-bond acceptors (Lipinski definition) is 9. The summed E-state index contributed by atoms with van der Waals surface area (Å²) in [6.07, 6.45) is 0. The minimum Gasteiger partial charge on any atom is -0.400 e. The van der Waals surface area contributed by atoms with Gasteiger partial charge in [0.1, 0.15) is 0 Å². The third-order valence-electron chi connectivity index (χ3n) is 1.25. The molecule has 0 aliphatic heterocycles. The van der Waals surface area contributed by atoms with Crippen molar-refractivity contribution < 1.29 is 77.7 Å². The maximum atomic E-state index is 11.4. The van der Waals surface area contributed by atoms with Gasteiger partial charge >= 0.3 is 46.9 Å². The quantitative estimate of drug-likeness (QED) is 0.354. The van der Waals surface area contributed by atoms with Gasteiger partial charge in [-0.15, -0.1) is 3.63 Å². The number of rotatable bonds is 3. The second-order valence-corrected chi connectivity index (χ2v) is 7.93. The summed E-state index contributed by atoms with van der Waals surface area (Å²) in [7, 11) is -17.6. The molecule has 0 aromatic carbocycles. The fraction of sp³-hybridized carbons (Fsp3) is 1.00. The van der Waals surface area contributed by atoms with Crippen LogP contribution >= 0.6 is 0 Å². The standard InChI is InChI=1S/C2F6O5S2.C2H3F3O3S.CH4O/c3-1(4,5)14(9,10)13-15(11,12)2(6,7)8;1-8-9(6,7)2(3,4)5;1-2/h;1H3;2H,1H3. The summed E-state index contributed by atoms with van der Waals surface area (Å²) in [5.41, 5.74) is -17.8. The van der Waals surface area contributed by atoms with Crippen molar-refractivity contribution in [2.45, 2.75) is 16.5 Å². The molecule has 162 valence electrons. The van der Waals surface area contributed by atoms with Crippen LogP contribution in [-0.4, -0.2) is 61.1 Å². The monoisotopic (exact) mass is 478 g/mol. The van der Waals surface area contributed by atoms with Gasteiger partial charge in [0.25, 0.3) is 0 Å². The Morgan fingerprint density at radius 3 is 0.846 bits per heavy atom. The van der Waals surface area contributed by atoms with Crippen molar-refractivity contribution >= 4 is 30.4 Å². The Balaban J connectivity index is -0.000000411. The molecular formula is C5H7F9O9S3. The summed E-state index contributed by atoms with van der Waals surface area (Å²) in [4.78, 5) is 0. The van der Waals surface area contributed by atoms with Crippen LogP contribution in [0.25, 0.3) is 0 Å². The van der Waals surface area contributed by atoms with Gasteiger partial charge in [0, 0.05) is 7.11 Å². The van der Waals surface area contributed by atoms with Crippen molar-refractivity contribution in [2.75, 3.05) is 14.2 Å². The molecule has 1 N–H and O–H groups in total. The van der Waals surface area contributed by atoms with Crippen molar-refractivity contribution in [3.8, 4) is 0 Å². The molecule has 0 atom stereocenters. The fourth-order valence-corrected chi connectivity index (χ4v) is 2.04. The molecule has 0 amide bonds. The zero-order chi connectivity index (χ0) is 22.4. The van der Waals surface area contributed by atoms with Gasteiger partial charge in [-0.1, -0.05) is 0 Å². The number of hydrogen-bond donors (Lipinski definition) is 1. The van der Waals surface area contributed by atoms with E-state index in [1.54, 1.807) is 0 Å². The zero-order valence-corrected chi connectivity index (χ0v) is 14.3. The Bertz CT molecular complexity index is 683. The van der Waals surface area contributed by atoms with Crippen molar-refractivity contribution in [3.63, 3.8) is 0 Å². The van der Waals surface area contributed by atoms with Gasteiger partial charge in [-0.25, -0.2) is 0 Å². The molecule has 0 fully saturated rings. The molecule has 26 heavy (non-hydrogen) atoms. The highest BCUT2D eigenvalue weighted by Gasteiger charge is 2.57. The Labute approximate surface area is 139 Å². The van der Waals surface area contributed by atoms with Crippen LogP contribution in [0.4, 0.5) is 39.5 Å². The molecule has 21 heteroatoms. The van der Waals surface area contributed by atoms with Gasteiger partial charge in [0.05, 0.1) is 7.11 Å². The topological polar surface area (TPSA) is 141 Å². The maximum absolute atomic E-state index is 11.4. The SMILES string of the molecule is CO.COS(=O)(=O)C(F)(F)F.O=S(=O)(OS(=O)(=O)C(F)(F)F)C(F)(F)F. The molecule has 0 unspecified atom stereocenters. The Kier molecular flexibility index (Phi) is 10.7. The van der Waals surface area contributed by atoms with E-state index in [-0.39, 0.29) is 0 Å². The maximum Gasteiger partial charge on any atom is 0.524 e. The minimum absolute atomic E-state index is 0.447. The molecule has 0 spiro atoms. The zero-order valence-electron chi connectivity index (χ0n) is 11.8. The van der Waals surface area contributed by atoms with Crippen molar-refractivity contribution in [1.82, 2.24) is 0 Å². The van der Waals surface area contributed by atoms with Crippen LogP contribution in [0.1, 0.15) is 0 Å². The molecule has 0 rings (SSSR count). The lowest BCUT2D eigenvalue weighted by Crippen LogP contribution is -2.34. The molecular weight excluding hydrogens is 471 g/mol. The highest BCUT2D eigenvalue weighted by Crippen LogP contribution is 2.32. The van der Waals surface area contributed by atoms with Gasteiger partial charge in [0.15, 0.2) is 0 Å². The molecule has 0 aromatic heterocycles. The van der Waals surface area contributed by atoms with E-state index in [1.165, 1.54) is 0 Å². The molecule has 0 heterocycles. The fourth-order valence-electron chi connectivity index (χ4n) is 0.290. The summed E-state index contributed by atoms with van der Waals surface area (Å²) < 4.78 is 166. The average molecular weight is 478 g/mol. The summed E-state index contributed by atoms with van der Waals surface area (Å²) >= 11 is 0. The number of alkyl halides is 9. The van der Waals surface area contributed by atoms with Gasteiger partial charge in [-0.3, -0.25) is 4.18 Å². The van der Waals surface area contributed by atoms with E-state index < -0.39 is 46.9 Å². The summed E-state index contributed by atoms with van der Waals surface area (Å²) in [6, 6.07) is 0. The van der Waals surface area contributed by atoms with E-state index in [1.807, 2.05) is 3.63 Å². The van der Waals surface area contributed by atoms with E-state index in [4.69, 9.17) is 5.11 Å². The highest BCUT2D eigenvalue weighted by atomic mass is 32.3. The molecule has 0 saturated carbocycles. The normalized spacial score (nSPS) is 13.8. The van der Waals surface area contributed by atoms with Crippen LogP contribution < -0.4 is 0 Å². The summed E-state index contributed by atoms with van der Waals surface area (Å²) in [6.45, 7) is 0. The Hall–Kier alpha value is -0.900. The molecule has 0 aromatic rings. The van der Waals surface area contributed by atoms with E-state index in [2.05, 4.69) is 4.18 Å². The predicted molar refractivity (Wildman–Crippen MR) is 61.2 cm³/mol. The van der Waals surface area contributed by atoms with Crippen molar-refractivity contribution in [2.24, 2.45) is 0 Å². The van der Waals surface area contributed by atoms with Crippen molar-refractivity contribution in [1.29, 1.82) is 0 Å². The van der Waals surface area contributed by atoms with Crippen LogP contribution in [-0.2, 0) is 38.2 Å². The van der Waals surface area contributed by atoms with Gasteiger partial charge in [-0.05, 0) is 0 Å². The van der Waals surface area contributed by atoms with E-state index in [9.17, 15) is 64.8 Å². The van der Waals surface area contributed by atoms with Crippen LogP contribution in [0.5, 0.6) is 0 Å². The van der Waals surface area contributed by atoms with Crippen LogP contribution in [0.15, 0.2) is 0 Å². The first-order valence-corrected chi connectivity index (χ1v) is 8.89. The molecule has 0 bridgehead atoms. The van der Waals surface area contributed by atoms with E-state index >= 15 is 0 Å². The van der Waals surface area contributed by atoms with E-state index in [0.717, 1.165) is 7.11 Å². The van der Waals surface area contributed by atoms with Crippen molar-refractivity contribution in [3.05, 3.63) is 0 Å². The summed E-state index contributed by atoms with van der Waals surface area (Å²) in [5, 5.41) is 7.00. The number of aliphatic hydroxyl groups excluding tert-OH is 1. The van der Waals surface area contributed by atoms with Crippen LogP contribution in [0.2, 0.25) is 0 Å². The van der Waals surface area contributed by atoms with Crippen LogP contribution in [0.3, 0.4) is 0 Å². The second kappa shape index (κ2) is 9.34. The lowest BCUT2D eigenvalue weighted by Gasteiger charge is -2.09. The largest absolute Gasteiger partial charge is 0.524 e. The lowest BCUT2D eigenvalue weighted by atomic mass is 11.6. The van der Waals surface area contributed by atoms with Gasteiger partial charge < -0.3 is 5.11 Å². The highest BCUT2D eigenvalue weighted by molar-refractivity contribution is 8.00. The van der Waals surface area contributed by atoms with Crippen LogP contribution in [0, 0.1) is 0 Å². The summed E-state index contributed by atoms with van der Waals surface area (Å²) in [5.74, 6) is 0. The van der Waals surface area contributed by atoms with Gasteiger partial charge in [-0.2, -0.15) is 64.8 Å². The molecule has 0 saturated heterocycles. The first kappa shape index (κ1) is 29.8. The molecule has 0 aliphatic rings. The lowest BCUT2D eigenvalue weighted by molar-refractivity contribution is -0.0586. The minimum atomic E-state index is -6.85.